The standard InChI is InChI=1S/C19H11Cl2O2P/c20-13-7-5-12(6-8-13)19(22)24-18-4-2-1-3-15(18)16-11-14(21)9-10-17(16)23-24/h1-11H. The lowest BCUT2D eigenvalue weighted by Crippen LogP contribution is -2.19. The van der Waals surface area contributed by atoms with Gasteiger partial charge in [0.05, 0.1) is 0 Å². The Morgan fingerprint density at radius 3 is 2.33 bits per heavy atom. The second-order valence-electron chi connectivity index (χ2n) is 5.36. The molecule has 0 amide bonds. The van der Waals surface area contributed by atoms with E-state index in [-0.39, 0.29) is 5.52 Å². The fourth-order valence-electron chi connectivity index (χ4n) is 2.68. The smallest absolute Gasteiger partial charge is 0.228 e. The van der Waals surface area contributed by atoms with E-state index < -0.39 is 8.15 Å². The van der Waals surface area contributed by atoms with E-state index in [4.69, 9.17) is 27.7 Å². The fraction of sp³-hybridized carbons (Fsp3) is 0. The zero-order valence-electron chi connectivity index (χ0n) is 12.4. The highest BCUT2D eigenvalue weighted by atomic mass is 35.5. The van der Waals surface area contributed by atoms with E-state index in [9.17, 15) is 4.79 Å². The molecule has 1 unspecified atom stereocenters. The van der Waals surface area contributed by atoms with Crippen LogP contribution in [0, 0.1) is 0 Å². The number of benzene rings is 3. The molecule has 1 heterocycles. The lowest BCUT2D eigenvalue weighted by atomic mass is 10.0. The Morgan fingerprint density at radius 2 is 1.54 bits per heavy atom. The van der Waals surface area contributed by atoms with Crippen molar-refractivity contribution in [1.29, 1.82) is 0 Å². The Balaban J connectivity index is 1.82. The predicted molar refractivity (Wildman–Crippen MR) is 99.9 cm³/mol. The van der Waals surface area contributed by atoms with Crippen molar-refractivity contribution >= 4 is 42.2 Å². The number of rotatable bonds is 2. The van der Waals surface area contributed by atoms with Gasteiger partial charge in [-0.25, -0.2) is 0 Å². The average Bonchev–Trinajstić information content (AvgIpc) is 2.61. The van der Waals surface area contributed by atoms with Crippen LogP contribution in [0.4, 0.5) is 0 Å². The lowest BCUT2D eigenvalue weighted by molar-refractivity contribution is 0.107. The summed E-state index contributed by atoms with van der Waals surface area (Å²) in [7, 11) is -1.46. The van der Waals surface area contributed by atoms with Gasteiger partial charge in [-0.15, -0.1) is 0 Å². The zero-order chi connectivity index (χ0) is 16.7. The Hall–Kier alpha value is -1.86. The van der Waals surface area contributed by atoms with Crippen LogP contribution >= 0.6 is 31.4 Å². The average molecular weight is 373 g/mol. The SMILES string of the molecule is O=C(c1ccc(Cl)cc1)P1Oc2ccc(Cl)cc2-c2ccccc21. The van der Waals surface area contributed by atoms with E-state index in [0.717, 1.165) is 16.4 Å². The number of hydrogen-bond donors (Lipinski definition) is 0. The van der Waals surface area contributed by atoms with Crippen LogP contribution in [0.1, 0.15) is 10.4 Å². The van der Waals surface area contributed by atoms with E-state index in [1.165, 1.54) is 0 Å². The highest BCUT2D eigenvalue weighted by molar-refractivity contribution is 7.78. The van der Waals surface area contributed by atoms with Crippen LogP contribution in [0.3, 0.4) is 0 Å². The summed E-state index contributed by atoms with van der Waals surface area (Å²) < 4.78 is 6.08. The summed E-state index contributed by atoms with van der Waals surface area (Å²) in [6, 6.07) is 20.2. The lowest BCUT2D eigenvalue weighted by Gasteiger charge is -2.27. The van der Waals surface area contributed by atoms with Crippen LogP contribution in [0.5, 0.6) is 5.75 Å². The molecule has 0 saturated carbocycles. The van der Waals surface area contributed by atoms with Crippen LogP contribution in [0.2, 0.25) is 10.0 Å². The van der Waals surface area contributed by atoms with E-state index in [1.54, 1.807) is 30.3 Å². The summed E-state index contributed by atoms with van der Waals surface area (Å²) in [6.45, 7) is 0. The molecule has 0 saturated heterocycles. The summed E-state index contributed by atoms with van der Waals surface area (Å²) >= 11 is 12.0. The molecule has 0 radical (unpaired) electrons. The topological polar surface area (TPSA) is 26.3 Å². The molecule has 4 rings (SSSR count). The number of carbonyl (C=O) groups is 1. The molecule has 1 atom stereocenters. The van der Waals surface area contributed by atoms with Gasteiger partial charge >= 0.3 is 0 Å². The monoisotopic (exact) mass is 372 g/mol. The van der Waals surface area contributed by atoms with E-state index >= 15 is 0 Å². The van der Waals surface area contributed by atoms with Crippen molar-refractivity contribution in [1.82, 2.24) is 0 Å². The molecule has 0 aromatic heterocycles. The normalized spacial score (nSPS) is 15.2. The summed E-state index contributed by atoms with van der Waals surface area (Å²) in [5.41, 5.74) is 2.47. The molecule has 0 N–H and O–H groups in total. The van der Waals surface area contributed by atoms with Crippen molar-refractivity contribution in [3.8, 4) is 16.9 Å². The molecular formula is C19H11Cl2O2P. The van der Waals surface area contributed by atoms with Crippen molar-refractivity contribution in [2.75, 3.05) is 0 Å². The van der Waals surface area contributed by atoms with Gasteiger partial charge in [-0.05, 0) is 48.0 Å². The minimum atomic E-state index is -1.46. The van der Waals surface area contributed by atoms with Gasteiger partial charge in [0, 0.05) is 26.5 Å². The Morgan fingerprint density at radius 1 is 0.833 bits per heavy atom. The van der Waals surface area contributed by atoms with Gasteiger partial charge < -0.3 is 4.52 Å². The van der Waals surface area contributed by atoms with Crippen LogP contribution in [0.25, 0.3) is 11.1 Å². The molecule has 2 nitrogen and oxygen atoms in total. The molecule has 24 heavy (non-hydrogen) atoms. The fourth-order valence-corrected chi connectivity index (χ4v) is 4.75. The quantitative estimate of drug-likeness (QED) is 0.522. The van der Waals surface area contributed by atoms with Crippen molar-refractivity contribution < 1.29 is 9.32 Å². The number of hydrogen-bond acceptors (Lipinski definition) is 2. The Bertz CT molecular complexity index is 938. The molecule has 0 aliphatic carbocycles. The molecule has 118 valence electrons. The van der Waals surface area contributed by atoms with Crippen LogP contribution in [-0.2, 0) is 0 Å². The van der Waals surface area contributed by atoms with Gasteiger partial charge in [0.15, 0.2) is 8.15 Å². The zero-order valence-corrected chi connectivity index (χ0v) is 14.8. The Labute approximate surface area is 150 Å². The maximum Gasteiger partial charge on any atom is 0.228 e. The third-order valence-corrected chi connectivity index (χ3v) is 6.14. The number of carbonyl (C=O) groups excluding carboxylic acids is 1. The molecule has 3 aromatic rings. The van der Waals surface area contributed by atoms with Gasteiger partial charge in [-0.3, -0.25) is 4.79 Å². The molecule has 1 aliphatic rings. The first-order valence-corrected chi connectivity index (χ1v) is 9.32. The summed E-state index contributed by atoms with van der Waals surface area (Å²) in [5, 5.41) is 2.15. The van der Waals surface area contributed by atoms with Crippen LogP contribution in [-0.4, -0.2) is 5.52 Å². The minimum Gasteiger partial charge on any atom is -0.460 e. The van der Waals surface area contributed by atoms with Gasteiger partial charge in [0.25, 0.3) is 0 Å². The van der Waals surface area contributed by atoms with Gasteiger partial charge in [0.1, 0.15) is 5.75 Å². The van der Waals surface area contributed by atoms with Gasteiger partial charge in [-0.1, -0.05) is 47.5 Å². The second kappa shape index (κ2) is 6.22. The first-order valence-electron chi connectivity index (χ1n) is 7.30. The van der Waals surface area contributed by atoms with Crippen molar-refractivity contribution in [3.05, 3.63) is 82.3 Å². The third kappa shape index (κ3) is 2.71. The van der Waals surface area contributed by atoms with E-state index in [2.05, 4.69) is 0 Å². The van der Waals surface area contributed by atoms with Crippen molar-refractivity contribution in [3.63, 3.8) is 0 Å². The maximum atomic E-state index is 13.0. The first-order chi connectivity index (χ1) is 11.6. The third-order valence-electron chi connectivity index (χ3n) is 3.82. The second-order valence-corrected chi connectivity index (χ2v) is 7.89. The largest absolute Gasteiger partial charge is 0.460 e. The van der Waals surface area contributed by atoms with Crippen LogP contribution < -0.4 is 9.83 Å². The Kier molecular flexibility index (Phi) is 4.05. The predicted octanol–water partition coefficient (Wildman–Crippen LogP) is 5.92. The van der Waals surface area contributed by atoms with Crippen molar-refractivity contribution in [2.24, 2.45) is 0 Å². The molecule has 1 aliphatic heterocycles. The summed E-state index contributed by atoms with van der Waals surface area (Å²) in [5.74, 6) is 0.687. The summed E-state index contributed by atoms with van der Waals surface area (Å²) in [6.07, 6.45) is 0. The highest BCUT2D eigenvalue weighted by Crippen LogP contribution is 2.50. The van der Waals surface area contributed by atoms with Crippen LogP contribution in [0.15, 0.2) is 66.7 Å². The number of fused-ring (bicyclic) bond motifs is 3. The molecule has 0 spiro atoms. The maximum absolute atomic E-state index is 13.0. The van der Waals surface area contributed by atoms with Gasteiger partial charge in [-0.2, -0.15) is 0 Å². The van der Waals surface area contributed by atoms with E-state index in [0.29, 0.717) is 21.4 Å². The highest BCUT2D eigenvalue weighted by Gasteiger charge is 2.32. The summed E-state index contributed by atoms with van der Waals surface area (Å²) in [4.78, 5) is 13.0. The minimum absolute atomic E-state index is 0.0327. The number of halogens is 2. The van der Waals surface area contributed by atoms with Gasteiger partial charge in [0.2, 0.25) is 5.52 Å². The molecule has 0 fully saturated rings. The molecule has 3 aromatic carbocycles. The molecular weight excluding hydrogens is 362 g/mol. The van der Waals surface area contributed by atoms with Crippen molar-refractivity contribution in [2.45, 2.75) is 0 Å². The van der Waals surface area contributed by atoms with E-state index in [1.807, 2.05) is 36.4 Å². The first kappa shape index (κ1) is 15.7. The molecule has 5 heteroatoms. The molecule has 0 bridgehead atoms.